The van der Waals surface area contributed by atoms with Crippen LogP contribution in [0.4, 0.5) is 0 Å². The third-order valence-electron chi connectivity index (χ3n) is 4.86. The lowest BCUT2D eigenvalue weighted by Gasteiger charge is -2.11. The van der Waals surface area contributed by atoms with E-state index < -0.39 is 0 Å². The maximum absolute atomic E-state index is 9.84. The SMILES string of the molecule is Brc1ccc2c(c1)C=CCCC2.OC1CCCCc2ccc(Br)cc21. The summed E-state index contributed by atoms with van der Waals surface area (Å²) in [6.45, 7) is 0. The summed E-state index contributed by atoms with van der Waals surface area (Å²) in [4.78, 5) is 0. The first kappa shape index (κ1) is 18.9. The molecule has 0 aromatic heterocycles. The molecule has 2 aromatic rings. The molecule has 1 atom stereocenters. The Morgan fingerprint density at radius 3 is 2.40 bits per heavy atom. The lowest BCUT2D eigenvalue weighted by atomic mass is 10.0. The Kier molecular flexibility index (Phi) is 6.92. The molecule has 2 aliphatic carbocycles. The molecule has 3 heteroatoms. The van der Waals surface area contributed by atoms with Crippen molar-refractivity contribution in [2.75, 3.05) is 0 Å². The highest BCUT2D eigenvalue weighted by molar-refractivity contribution is 9.10. The number of allylic oxidation sites excluding steroid dienone is 1. The van der Waals surface area contributed by atoms with Crippen molar-refractivity contribution in [2.24, 2.45) is 0 Å². The van der Waals surface area contributed by atoms with Crippen molar-refractivity contribution < 1.29 is 5.11 Å². The molecular weight excluding hydrogens is 440 g/mol. The predicted molar refractivity (Wildman–Crippen MR) is 113 cm³/mol. The minimum Gasteiger partial charge on any atom is -0.388 e. The van der Waals surface area contributed by atoms with E-state index in [0.717, 1.165) is 29.3 Å². The number of hydrogen-bond acceptors (Lipinski definition) is 1. The molecule has 0 fully saturated rings. The van der Waals surface area contributed by atoms with Crippen LogP contribution in [0.5, 0.6) is 0 Å². The molecule has 0 amide bonds. The molecule has 132 valence electrons. The van der Waals surface area contributed by atoms with E-state index >= 15 is 0 Å². The summed E-state index contributed by atoms with van der Waals surface area (Å²) in [5, 5.41) is 9.84. The quantitative estimate of drug-likeness (QED) is 0.416. The van der Waals surface area contributed by atoms with Crippen LogP contribution in [0, 0.1) is 0 Å². The van der Waals surface area contributed by atoms with Crippen molar-refractivity contribution in [2.45, 2.75) is 51.0 Å². The highest BCUT2D eigenvalue weighted by atomic mass is 79.9. The smallest absolute Gasteiger partial charge is 0.0793 e. The van der Waals surface area contributed by atoms with Gasteiger partial charge in [-0.05, 0) is 85.0 Å². The fraction of sp³-hybridized carbons (Fsp3) is 0.364. The van der Waals surface area contributed by atoms with E-state index in [1.54, 1.807) is 0 Å². The Balaban J connectivity index is 0.000000146. The Morgan fingerprint density at radius 2 is 1.56 bits per heavy atom. The third-order valence-corrected chi connectivity index (χ3v) is 5.85. The second-order valence-electron chi connectivity index (χ2n) is 6.74. The monoisotopic (exact) mass is 462 g/mol. The topological polar surface area (TPSA) is 20.2 Å². The van der Waals surface area contributed by atoms with Gasteiger partial charge in [0.2, 0.25) is 0 Å². The summed E-state index contributed by atoms with van der Waals surface area (Å²) >= 11 is 6.91. The maximum Gasteiger partial charge on any atom is 0.0793 e. The van der Waals surface area contributed by atoms with Crippen LogP contribution in [0.15, 0.2) is 51.4 Å². The second-order valence-corrected chi connectivity index (χ2v) is 8.57. The van der Waals surface area contributed by atoms with Crippen LogP contribution in [-0.2, 0) is 12.8 Å². The largest absolute Gasteiger partial charge is 0.388 e. The second kappa shape index (κ2) is 9.16. The van der Waals surface area contributed by atoms with Crippen LogP contribution in [0.2, 0.25) is 0 Å². The fourth-order valence-corrected chi connectivity index (χ4v) is 4.24. The minimum atomic E-state index is -0.255. The molecule has 0 heterocycles. The molecule has 2 aliphatic rings. The van der Waals surface area contributed by atoms with E-state index in [-0.39, 0.29) is 6.10 Å². The molecule has 1 unspecified atom stereocenters. The highest BCUT2D eigenvalue weighted by Crippen LogP contribution is 2.30. The van der Waals surface area contributed by atoms with Crippen LogP contribution >= 0.6 is 31.9 Å². The third kappa shape index (κ3) is 5.29. The summed E-state index contributed by atoms with van der Waals surface area (Å²) in [5.41, 5.74) is 5.29. The van der Waals surface area contributed by atoms with Gasteiger partial charge in [0, 0.05) is 8.95 Å². The maximum atomic E-state index is 9.84. The molecule has 0 saturated heterocycles. The van der Waals surface area contributed by atoms with Crippen LogP contribution in [0.1, 0.15) is 60.5 Å². The van der Waals surface area contributed by atoms with Crippen molar-refractivity contribution in [1.82, 2.24) is 0 Å². The number of hydrogen-bond donors (Lipinski definition) is 1. The Labute approximate surface area is 167 Å². The van der Waals surface area contributed by atoms with Crippen molar-refractivity contribution in [1.29, 1.82) is 0 Å². The van der Waals surface area contributed by atoms with Crippen molar-refractivity contribution in [3.05, 3.63) is 73.7 Å². The zero-order chi connectivity index (χ0) is 17.6. The van der Waals surface area contributed by atoms with Crippen LogP contribution in [0.25, 0.3) is 6.08 Å². The number of aliphatic hydroxyl groups is 1. The van der Waals surface area contributed by atoms with Crippen molar-refractivity contribution in [3.8, 4) is 0 Å². The Bertz CT molecular complexity index is 752. The molecule has 0 spiro atoms. The molecule has 0 bridgehead atoms. The molecule has 25 heavy (non-hydrogen) atoms. The Morgan fingerprint density at radius 1 is 0.840 bits per heavy atom. The van der Waals surface area contributed by atoms with E-state index in [1.807, 2.05) is 6.07 Å². The summed E-state index contributed by atoms with van der Waals surface area (Å²) in [6.07, 6.45) is 12.3. The van der Waals surface area contributed by atoms with Crippen molar-refractivity contribution >= 4 is 37.9 Å². The van der Waals surface area contributed by atoms with Gasteiger partial charge in [0.05, 0.1) is 6.10 Å². The van der Waals surface area contributed by atoms with Gasteiger partial charge in [-0.25, -0.2) is 0 Å². The predicted octanol–water partition coefficient (Wildman–Crippen LogP) is 7.01. The normalized spacial score (nSPS) is 18.9. The highest BCUT2D eigenvalue weighted by Gasteiger charge is 2.15. The van der Waals surface area contributed by atoms with E-state index in [0.29, 0.717) is 0 Å². The van der Waals surface area contributed by atoms with Gasteiger partial charge in [-0.1, -0.05) is 62.6 Å². The summed E-state index contributed by atoms with van der Waals surface area (Å²) in [7, 11) is 0. The summed E-state index contributed by atoms with van der Waals surface area (Å²) in [6, 6.07) is 12.8. The standard InChI is InChI=1S/C11H13BrO.C11H11Br/c12-9-6-5-8-3-1-2-4-11(13)10(8)7-9;12-11-7-6-9-4-2-1-3-5-10(9)8-11/h5-7,11,13H,1-4H2;3,5-8H,1-2,4H2. The van der Waals surface area contributed by atoms with Gasteiger partial charge in [-0.3, -0.25) is 0 Å². The molecule has 0 aliphatic heterocycles. The van der Waals surface area contributed by atoms with Gasteiger partial charge in [0.15, 0.2) is 0 Å². The molecule has 0 saturated carbocycles. The summed E-state index contributed by atoms with van der Waals surface area (Å²) < 4.78 is 2.24. The molecule has 1 nitrogen and oxygen atoms in total. The fourth-order valence-electron chi connectivity index (χ4n) is 3.48. The van der Waals surface area contributed by atoms with Gasteiger partial charge in [0.1, 0.15) is 0 Å². The number of benzene rings is 2. The van der Waals surface area contributed by atoms with E-state index in [1.165, 1.54) is 46.8 Å². The van der Waals surface area contributed by atoms with Gasteiger partial charge in [-0.15, -0.1) is 0 Å². The van der Waals surface area contributed by atoms with Crippen LogP contribution < -0.4 is 0 Å². The number of halogens is 2. The average molecular weight is 464 g/mol. The number of aryl methyl sites for hydroxylation is 2. The van der Waals surface area contributed by atoms with E-state index in [9.17, 15) is 5.11 Å². The molecule has 4 rings (SSSR count). The lowest BCUT2D eigenvalue weighted by molar-refractivity contribution is 0.166. The van der Waals surface area contributed by atoms with Crippen LogP contribution in [0.3, 0.4) is 0 Å². The zero-order valence-electron chi connectivity index (χ0n) is 14.3. The van der Waals surface area contributed by atoms with Gasteiger partial charge in [0.25, 0.3) is 0 Å². The van der Waals surface area contributed by atoms with Gasteiger partial charge < -0.3 is 5.11 Å². The minimum absolute atomic E-state index is 0.255. The number of fused-ring (bicyclic) bond motifs is 2. The number of aliphatic hydroxyl groups excluding tert-OH is 1. The summed E-state index contributed by atoms with van der Waals surface area (Å²) in [5.74, 6) is 0. The van der Waals surface area contributed by atoms with Gasteiger partial charge in [-0.2, -0.15) is 0 Å². The van der Waals surface area contributed by atoms with E-state index in [2.05, 4.69) is 74.3 Å². The van der Waals surface area contributed by atoms with Crippen molar-refractivity contribution in [3.63, 3.8) is 0 Å². The first-order chi connectivity index (χ1) is 12.1. The first-order valence-corrected chi connectivity index (χ1v) is 10.6. The van der Waals surface area contributed by atoms with Gasteiger partial charge >= 0.3 is 0 Å². The average Bonchev–Trinajstić information content (AvgIpc) is 2.94. The Hall–Kier alpha value is -0.900. The van der Waals surface area contributed by atoms with Crippen LogP contribution in [-0.4, -0.2) is 5.11 Å². The zero-order valence-corrected chi connectivity index (χ0v) is 17.5. The lowest BCUT2D eigenvalue weighted by Crippen LogP contribution is -1.98. The molecule has 2 aromatic carbocycles. The first-order valence-electron chi connectivity index (χ1n) is 9.05. The van der Waals surface area contributed by atoms with E-state index in [4.69, 9.17) is 0 Å². The molecule has 0 radical (unpaired) electrons. The number of rotatable bonds is 0. The molecule has 1 N–H and O–H groups in total. The molecular formula is C22H24Br2O.